The molecule has 0 spiro atoms. The van der Waals surface area contributed by atoms with E-state index in [0.29, 0.717) is 18.4 Å². The molecule has 1 unspecified atom stereocenters. The molecule has 0 aliphatic rings. The van der Waals surface area contributed by atoms with Crippen molar-refractivity contribution >= 4 is 23.1 Å². The highest BCUT2D eigenvalue weighted by Crippen LogP contribution is 2.32. The van der Waals surface area contributed by atoms with Gasteiger partial charge in [0, 0.05) is 17.1 Å². The lowest BCUT2D eigenvalue weighted by molar-refractivity contribution is 0.244. The molecule has 142 valence electrons. The molecule has 0 aliphatic heterocycles. The number of hydrogen-bond donors (Lipinski definition) is 2. The van der Waals surface area contributed by atoms with Crippen molar-refractivity contribution in [2.45, 2.75) is 45.6 Å². The smallest absolute Gasteiger partial charge is 0.319 e. The van der Waals surface area contributed by atoms with Gasteiger partial charge in [-0.3, -0.25) is 0 Å². The lowest BCUT2D eigenvalue weighted by Crippen LogP contribution is -2.37. The van der Waals surface area contributed by atoms with Gasteiger partial charge in [0.15, 0.2) is 0 Å². The van der Waals surface area contributed by atoms with Crippen LogP contribution in [0.25, 0.3) is 0 Å². The summed E-state index contributed by atoms with van der Waals surface area (Å²) in [7, 11) is 4.07. The summed E-state index contributed by atoms with van der Waals surface area (Å²) in [4.78, 5) is 16.0. The van der Waals surface area contributed by atoms with Gasteiger partial charge in [0.2, 0.25) is 0 Å². The zero-order valence-corrected chi connectivity index (χ0v) is 17.5. The molecule has 1 atom stereocenters. The molecular weight excluding hydrogens is 342 g/mol. The topological polar surface area (TPSA) is 44.4 Å². The number of carbonyl (C=O) groups excluding carboxylic acids is 1. The summed E-state index contributed by atoms with van der Waals surface area (Å²) in [5.41, 5.74) is 3.30. The first-order chi connectivity index (χ1) is 12.3. The van der Waals surface area contributed by atoms with Crippen LogP contribution in [0.15, 0.2) is 35.7 Å². The minimum Gasteiger partial charge on any atom is -0.336 e. The Hall–Kier alpha value is -1.85. The molecule has 5 heteroatoms. The monoisotopic (exact) mass is 373 g/mol. The van der Waals surface area contributed by atoms with Crippen LogP contribution in [0.3, 0.4) is 0 Å². The summed E-state index contributed by atoms with van der Waals surface area (Å²) in [6.07, 6.45) is 0. The molecule has 26 heavy (non-hydrogen) atoms. The predicted molar refractivity (Wildman–Crippen MR) is 112 cm³/mol. The number of carbonyl (C=O) groups is 1. The van der Waals surface area contributed by atoms with E-state index in [9.17, 15) is 4.79 Å². The second-order valence-corrected chi connectivity index (χ2v) is 8.43. The molecule has 2 aromatic rings. The first-order valence-electron chi connectivity index (χ1n) is 9.18. The van der Waals surface area contributed by atoms with E-state index < -0.39 is 0 Å². The predicted octanol–water partition coefficient (Wildman–Crippen LogP) is 5.42. The summed E-state index contributed by atoms with van der Waals surface area (Å²) in [6, 6.07) is 10.5. The molecule has 2 rings (SSSR count). The van der Waals surface area contributed by atoms with Crippen molar-refractivity contribution in [2.24, 2.45) is 0 Å². The summed E-state index contributed by atoms with van der Waals surface area (Å²) < 4.78 is 0. The van der Waals surface area contributed by atoms with Gasteiger partial charge in [0.1, 0.15) is 0 Å². The van der Waals surface area contributed by atoms with Crippen molar-refractivity contribution in [3.8, 4) is 0 Å². The Kier molecular flexibility index (Phi) is 7.23. The Balaban J connectivity index is 2.12. The zero-order chi connectivity index (χ0) is 19.3. The highest BCUT2D eigenvalue weighted by molar-refractivity contribution is 7.10. The summed E-state index contributed by atoms with van der Waals surface area (Å²) in [5, 5.41) is 8.23. The standard InChI is InChI=1S/C21H31N3OS/c1-14(2)16-9-7-10-17(15(3)4)20(16)23-21(25)22-13-18(24(5)6)19-11-8-12-26-19/h7-12,14-15,18H,13H2,1-6H3,(H2,22,23,25). The largest absolute Gasteiger partial charge is 0.336 e. The van der Waals surface area contributed by atoms with E-state index in [0.717, 1.165) is 5.69 Å². The summed E-state index contributed by atoms with van der Waals surface area (Å²) >= 11 is 1.71. The Morgan fingerprint density at radius 1 is 1.04 bits per heavy atom. The number of benzene rings is 1. The van der Waals surface area contributed by atoms with Gasteiger partial charge in [0.25, 0.3) is 0 Å². The summed E-state index contributed by atoms with van der Waals surface area (Å²) in [5.74, 6) is 0.703. The molecule has 0 aliphatic carbocycles. The van der Waals surface area contributed by atoms with E-state index in [1.54, 1.807) is 11.3 Å². The average Bonchev–Trinajstić information content (AvgIpc) is 3.08. The quantitative estimate of drug-likeness (QED) is 0.681. The molecule has 0 fully saturated rings. The van der Waals surface area contributed by atoms with Crippen LogP contribution in [-0.4, -0.2) is 31.6 Å². The van der Waals surface area contributed by atoms with Gasteiger partial charge in [-0.05, 0) is 48.5 Å². The van der Waals surface area contributed by atoms with Crippen LogP contribution < -0.4 is 10.6 Å². The van der Waals surface area contributed by atoms with Crippen LogP contribution >= 0.6 is 11.3 Å². The normalized spacial score (nSPS) is 12.7. The fourth-order valence-corrected chi connectivity index (χ4v) is 3.98. The van der Waals surface area contributed by atoms with Gasteiger partial charge >= 0.3 is 6.03 Å². The SMILES string of the molecule is CC(C)c1cccc(C(C)C)c1NC(=O)NCC(c1cccs1)N(C)C. The number of thiophene rings is 1. The minimum absolute atomic E-state index is 0.150. The number of nitrogens with one attached hydrogen (secondary N) is 2. The molecule has 0 saturated carbocycles. The van der Waals surface area contributed by atoms with Crippen molar-refractivity contribution in [2.75, 3.05) is 26.0 Å². The molecule has 1 heterocycles. The van der Waals surface area contributed by atoms with Gasteiger partial charge in [-0.1, -0.05) is 52.0 Å². The van der Waals surface area contributed by atoms with Crippen LogP contribution in [0.4, 0.5) is 10.5 Å². The van der Waals surface area contributed by atoms with Crippen molar-refractivity contribution in [1.82, 2.24) is 10.2 Å². The Bertz CT molecular complexity index is 682. The van der Waals surface area contributed by atoms with Gasteiger partial charge in [-0.2, -0.15) is 0 Å². The van der Waals surface area contributed by atoms with Crippen molar-refractivity contribution < 1.29 is 4.79 Å². The molecule has 0 saturated heterocycles. The van der Waals surface area contributed by atoms with E-state index in [1.165, 1.54) is 16.0 Å². The molecule has 0 radical (unpaired) electrons. The first-order valence-corrected chi connectivity index (χ1v) is 10.1. The first kappa shape index (κ1) is 20.5. The number of nitrogens with zero attached hydrogens (tertiary/aromatic N) is 1. The number of urea groups is 1. The molecule has 4 nitrogen and oxygen atoms in total. The minimum atomic E-state index is -0.150. The zero-order valence-electron chi connectivity index (χ0n) is 16.7. The highest BCUT2D eigenvalue weighted by Gasteiger charge is 2.18. The second kappa shape index (κ2) is 9.19. The average molecular weight is 374 g/mol. The lowest BCUT2D eigenvalue weighted by atomic mass is 9.93. The van der Waals surface area contributed by atoms with Crippen LogP contribution in [0.2, 0.25) is 0 Å². The third kappa shape index (κ3) is 5.08. The van der Waals surface area contributed by atoms with Gasteiger partial charge < -0.3 is 15.5 Å². The molecule has 2 amide bonds. The molecule has 1 aromatic heterocycles. The molecular formula is C21H31N3OS. The number of para-hydroxylation sites is 1. The van der Waals surface area contributed by atoms with Crippen molar-refractivity contribution in [1.29, 1.82) is 0 Å². The van der Waals surface area contributed by atoms with E-state index in [-0.39, 0.29) is 12.1 Å². The third-order valence-corrected chi connectivity index (χ3v) is 5.54. The fourth-order valence-electron chi connectivity index (χ4n) is 3.06. The third-order valence-electron chi connectivity index (χ3n) is 4.56. The number of hydrogen-bond acceptors (Lipinski definition) is 3. The number of rotatable bonds is 7. The van der Waals surface area contributed by atoms with Crippen molar-refractivity contribution in [3.05, 3.63) is 51.7 Å². The Morgan fingerprint density at radius 3 is 2.12 bits per heavy atom. The van der Waals surface area contributed by atoms with Gasteiger partial charge in [-0.25, -0.2) is 4.79 Å². The lowest BCUT2D eigenvalue weighted by Gasteiger charge is -2.24. The Morgan fingerprint density at radius 2 is 1.65 bits per heavy atom. The summed E-state index contributed by atoms with van der Waals surface area (Å²) in [6.45, 7) is 9.19. The van der Waals surface area contributed by atoms with E-state index in [1.807, 2.05) is 20.2 Å². The maximum absolute atomic E-state index is 12.6. The van der Waals surface area contributed by atoms with Crippen LogP contribution in [-0.2, 0) is 0 Å². The van der Waals surface area contributed by atoms with Gasteiger partial charge in [0.05, 0.1) is 6.04 Å². The van der Waals surface area contributed by atoms with Crippen LogP contribution in [0.5, 0.6) is 0 Å². The number of anilines is 1. The molecule has 1 aromatic carbocycles. The van der Waals surface area contributed by atoms with Crippen LogP contribution in [0, 0.1) is 0 Å². The van der Waals surface area contributed by atoms with Crippen molar-refractivity contribution in [3.63, 3.8) is 0 Å². The van der Waals surface area contributed by atoms with E-state index >= 15 is 0 Å². The molecule has 0 bridgehead atoms. The maximum atomic E-state index is 12.6. The Labute approximate surface area is 161 Å². The molecule has 2 N–H and O–H groups in total. The fraction of sp³-hybridized carbons (Fsp3) is 0.476. The van der Waals surface area contributed by atoms with E-state index in [2.05, 4.69) is 72.9 Å². The van der Waals surface area contributed by atoms with Crippen LogP contribution in [0.1, 0.15) is 61.6 Å². The highest BCUT2D eigenvalue weighted by atomic mass is 32.1. The maximum Gasteiger partial charge on any atom is 0.319 e. The number of likely N-dealkylation sites (N-methyl/N-ethyl adjacent to an activating group) is 1. The van der Waals surface area contributed by atoms with E-state index in [4.69, 9.17) is 0 Å². The van der Waals surface area contributed by atoms with Gasteiger partial charge in [-0.15, -0.1) is 11.3 Å². The second-order valence-electron chi connectivity index (χ2n) is 7.45. The number of amides is 2.